The predicted octanol–water partition coefficient (Wildman–Crippen LogP) is 3.33. The van der Waals surface area contributed by atoms with Crippen molar-refractivity contribution < 1.29 is 14.3 Å². The normalized spacial score (nSPS) is 13.1. The number of hydrogen-bond acceptors (Lipinski definition) is 5. The first-order chi connectivity index (χ1) is 15.0. The molecule has 1 aliphatic heterocycles. The van der Waals surface area contributed by atoms with E-state index in [1.54, 1.807) is 33.3 Å². The molecule has 4 aromatic rings. The second kappa shape index (κ2) is 7.46. The number of benzene rings is 2. The predicted molar refractivity (Wildman–Crippen MR) is 117 cm³/mol. The molecule has 0 atom stereocenters. The van der Waals surface area contributed by atoms with Gasteiger partial charge in [-0.15, -0.1) is 0 Å². The van der Waals surface area contributed by atoms with Crippen molar-refractivity contribution in [2.24, 2.45) is 5.92 Å². The van der Waals surface area contributed by atoms with Gasteiger partial charge in [-0.05, 0) is 30.2 Å². The van der Waals surface area contributed by atoms with Gasteiger partial charge in [0.2, 0.25) is 0 Å². The van der Waals surface area contributed by atoms with Crippen LogP contribution in [0, 0.1) is 5.92 Å². The molecule has 3 heterocycles. The summed E-state index contributed by atoms with van der Waals surface area (Å²) in [4.78, 5) is 26.1. The molecule has 1 aliphatic rings. The topological polar surface area (TPSA) is 86.9 Å². The zero-order valence-electron chi connectivity index (χ0n) is 17.3. The fourth-order valence-corrected chi connectivity index (χ4v) is 3.81. The lowest BCUT2D eigenvalue weighted by Gasteiger charge is -2.18. The van der Waals surface area contributed by atoms with Crippen molar-refractivity contribution in [2.45, 2.75) is 20.4 Å². The Morgan fingerprint density at radius 2 is 1.77 bits per heavy atom. The molecule has 0 saturated carbocycles. The number of anilines is 1. The van der Waals surface area contributed by atoms with Crippen LogP contribution < -0.4 is 20.3 Å². The molecule has 0 radical (unpaired) electrons. The number of nitrogens with one attached hydrogen (secondary N) is 1. The van der Waals surface area contributed by atoms with E-state index in [4.69, 9.17) is 9.47 Å². The molecular weight excluding hydrogens is 396 g/mol. The largest absolute Gasteiger partial charge is 0.486 e. The zero-order chi connectivity index (χ0) is 21.5. The Balaban J connectivity index is 1.55. The highest BCUT2D eigenvalue weighted by atomic mass is 16.6. The van der Waals surface area contributed by atoms with E-state index in [0.717, 1.165) is 11.0 Å². The smallest absolute Gasteiger partial charge is 0.277 e. The molecule has 0 fully saturated rings. The highest BCUT2D eigenvalue weighted by molar-refractivity contribution is 6.04. The van der Waals surface area contributed by atoms with Crippen LogP contribution in [0.2, 0.25) is 0 Å². The molecule has 0 spiro atoms. The lowest BCUT2D eigenvalue weighted by Crippen LogP contribution is -2.25. The van der Waals surface area contributed by atoms with Crippen molar-refractivity contribution in [2.75, 3.05) is 18.5 Å². The average Bonchev–Trinajstić information content (AvgIpc) is 3.22. The van der Waals surface area contributed by atoms with E-state index in [2.05, 4.69) is 24.3 Å². The standard InChI is InChI=1S/C23H22N4O4/c1-14(2)13-26-17-5-3-4-6-18(17)27-19(23(26)29)12-16(25-27)22(28)24-15-7-8-20-21(11-15)31-10-9-30-20/h3-8,11-12,14H,9-10,13H2,1-2H3,(H,24,28). The molecule has 8 heteroatoms. The minimum absolute atomic E-state index is 0.166. The summed E-state index contributed by atoms with van der Waals surface area (Å²) in [6, 6.07) is 14.3. The van der Waals surface area contributed by atoms with Crippen molar-refractivity contribution in [3.63, 3.8) is 0 Å². The van der Waals surface area contributed by atoms with Gasteiger partial charge in [-0.1, -0.05) is 26.0 Å². The van der Waals surface area contributed by atoms with Gasteiger partial charge >= 0.3 is 0 Å². The lowest BCUT2D eigenvalue weighted by molar-refractivity contribution is 0.102. The summed E-state index contributed by atoms with van der Waals surface area (Å²) in [7, 11) is 0. The Kier molecular flexibility index (Phi) is 4.62. The second-order valence-corrected chi connectivity index (χ2v) is 7.94. The first kappa shape index (κ1) is 19.2. The monoisotopic (exact) mass is 418 g/mol. The molecule has 31 heavy (non-hydrogen) atoms. The van der Waals surface area contributed by atoms with Crippen molar-refractivity contribution in [1.82, 2.24) is 14.2 Å². The minimum Gasteiger partial charge on any atom is -0.486 e. The fraction of sp³-hybridized carbons (Fsp3) is 0.261. The van der Waals surface area contributed by atoms with E-state index < -0.39 is 5.91 Å². The van der Waals surface area contributed by atoms with Gasteiger partial charge in [0.15, 0.2) is 17.2 Å². The Bertz CT molecular complexity index is 1370. The van der Waals surface area contributed by atoms with Gasteiger partial charge in [0.1, 0.15) is 18.7 Å². The Hall–Kier alpha value is -3.81. The van der Waals surface area contributed by atoms with Gasteiger partial charge in [0.25, 0.3) is 11.5 Å². The molecule has 0 bridgehead atoms. The summed E-state index contributed by atoms with van der Waals surface area (Å²) >= 11 is 0. The molecule has 158 valence electrons. The highest BCUT2D eigenvalue weighted by Crippen LogP contribution is 2.32. The van der Waals surface area contributed by atoms with E-state index in [-0.39, 0.29) is 11.3 Å². The Labute approximate surface area is 178 Å². The summed E-state index contributed by atoms with van der Waals surface area (Å²) in [5.74, 6) is 1.12. The van der Waals surface area contributed by atoms with Crippen molar-refractivity contribution in [3.8, 4) is 11.5 Å². The number of carbonyl (C=O) groups is 1. The Morgan fingerprint density at radius 3 is 2.55 bits per heavy atom. The molecular formula is C23H22N4O4. The van der Waals surface area contributed by atoms with Crippen molar-refractivity contribution in [1.29, 1.82) is 0 Å². The summed E-state index contributed by atoms with van der Waals surface area (Å²) in [5, 5.41) is 7.27. The third kappa shape index (κ3) is 3.39. The zero-order valence-corrected chi connectivity index (χ0v) is 17.3. The first-order valence-electron chi connectivity index (χ1n) is 10.2. The van der Waals surface area contributed by atoms with E-state index >= 15 is 0 Å². The number of ether oxygens (including phenoxy) is 2. The van der Waals surface area contributed by atoms with Crippen LogP contribution in [0.3, 0.4) is 0 Å². The van der Waals surface area contributed by atoms with Crippen LogP contribution in [0.4, 0.5) is 5.69 Å². The number of fused-ring (bicyclic) bond motifs is 4. The van der Waals surface area contributed by atoms with Gasteiger partial charge in [0.05, 0.1) is 11.0 Å². The molecule has 5 rings (SSSR count). The number of hydrogen-bond donors (Lipinski definition) is 1. The van der Waals surface area contributed by atoms with E-state index in [0.29, 0.717) is 48.4 Å². The van der Waals surface area contributed by atoms with E-state index in [1.165, 1.54) is 0 Å². The van der Waals surface area contributed by atoms with Crippen LogP contribution in [0.15, 0.2) is 53.3 Å². The maximum absolute atomic E-state index is 13.2. The van der Waals surface area contributed by atoms with Crippen LogP contribution >= 0.6 is 0 Å². The maximum Gasteiger partial charge on any atom is 0.277 e. The molecule has 2 aromatic carbocycles. The molecule has 2 aromatic heterocycles. The first-order valence-corrected chi connectivity index (χ1v) is 10.2. The number of aromatic nitrogens is 3. The third-order valence-electron chi connectivity index (χ3n) is 5.15. The number of para-hydroxylation sites is 2. The van der Waals surface area contributed by atoms with Crippen LogP contribution in [0.1, 0.15) is 24.3 Å². The molecule has 0 unspecified atom stereocenters. The van der Waals surface area contributed by atoms with Crippen molar-refractivity contribution in [3.05, 3.63) is 64.6 Å². The van der Waals surface area contributed by atoms with Gasteiger partial charge in [-0.2, -0.15) is 5.10 Å². The quantitative estimate of drug-likeness (QED) is 0.549. The molecule has 1 N–H and O–H groups in total. The van der Waals surface area contributed by atoms with E-state index in [1.807, 2.05) is 24.3 Å². The number of carbonyl (C=O) groups excluding carboxylic acids is 1. The van der Waals surface area contributed by atoms with Gasteiger partial charge < -0.3 is 19.4 Å². The molecule has 1 amide bonds. The minimum atomic E-state index is -0.403. The fourth-order valence-electron chi connectivity index (χ4n) is 3.81. The van der Waals surface area contributed by atoms with Crippen LogP contribution in [-0.4, -0.2) is 33.3 Å². The summed E-state index contributed by atoms with van der Waals surface area (Å²) in [6.07, 6.45) is 0. The van der Waals surface area contributed by atoms with Gasteiger partial charge in [-0.3, -0.25) is 9.59 Å². The number of rotatable bonds is 4. The summed E-state index contributed by atoms with van der Waals surface area (Å²) in [6.45, 7) is 5.68. The third-order valence-corrected chi connectivity index (χ3v) is 5.15. The second-order valence-electron chi connectivity index (χ2n) is 7.94. The van der Waals surface area contributed by atoms with Gasteiger partial charge in [-0.25, -0.2) is 4.52 Å². The Morgan fingerprint density at radius 1 is 1.03 bits per heavy atom. The van der Waals surface area contributed by atoms with Crippen LogP contribution in [-0.2, 0) is 6.54 Å². The summed E-state index contributed by atoms with van der Waals surface area (Å²) in [5.41, 5.74) is 2.49. The SMILES string of the molecule is CC(C)Cn1c(=O)c2cc(C(=O)Nc3ccc4c(c3)OCCO4)nn2c2ccccc21. The molecule has 0 aliphatic carbocycles. The van der Waals surface area contributed by atoms with Crippen molar-refractivity contribution >= 4 is 28.1 Å². The van der Waals surface area contributed by atoms with E-state index in [9.17, 15) is 9.59 Å². The molecule has 8 nitrogen and oxygen atoms in total. The summed E-state index contributed by atoms with van der Waals surface area (Å²) < 4.78 is 14.4. The highest BCUT2D eigenvalue weighted by Gasteiger charge is 2.19. The maximum atomic E-state index is 13.2. The number of amides is 1. The van der Waals surface area contributed by atoms with Gasteiger partial charge in [0, 0.05) is 24.4 Å². The number of nitrogens with zero attached hydrogens (tertiary/aromatic N) is 3. The van der Waals surface area contributed by atoms with Crippen LogP contribution in [0.25, 0.3) is 16.6 Å². The molecule has 0 saturated heterocycles. The lowest BCUT2D eigenvalue weighted by atomic mass is 10.2. The average molecular weight is 418 g/mol. The van der Waals surface area contributed by atoms with Crippen LogP contribution in [0.5, 0.6) is 11.5 Å².